The molecule has 1 aliphatic heterocycles. The minimum absolute atomic E-state index is 0.143. The highest BCUT2D eigenvalue weighted by Crippen LogP contribution is 2.68. The van der Waals surface area contributed by atoms with Gasteiger partial charge in [0.05, 0.1) is 24.9 Å². The summed E-state index contributed by atoms with van der Waals surface area (Å²) in [6.45, 7) is 10.4. The predicted octanol–water partition coefficient (Wildman–Crippen LogP) is 6.85. The van der Waals surface area contributed by atoms with Gasteiger partial charge in [-0.25, -0.2) is 0 Å². The number of halogens is 1. The molecule has 1 N–H and O–H groups in total. The van der Waals surface area contributed by atoms with Crippen LogP contribution in [0.3, 0.4) is 0 Å². The molecule has 0 aromatic heterocycles. The molecular weight excluding hydrogens is 546 g/mol. The van der Waals surface area contributed by atoms with Crippen molar-refractivity contribution in [3.05, 3.63) is 11.1 Å². The van der Waals surface area contributed by atoms with Crippen LogP contribution in [0.2, 0.25) is 19.6 Å². The van der Waals surface area contributed by atoms with Crippen molar-refractivity contribution in [3.63, 3.8) is 0 Å². The Bertz CT molecular complexity index is 991. The summed E-state index contributed by atoms with van der Waals surface area (Å²) in [5.41, 5.74) is 1.30. The van der Waals surface area contributed by atoms with E-state index in [0.29, 0.717) is 48.1 Å². The van der Waals surface area contributed by atoms with Gasteiger partial charge in [-0.15, -0.1) is 0 Å². The van der Waals surface area contributed by atoms with Crippen LogP contribution in [-0.4, -0.2) is 48.5 Å². The Morgan fingerprint density at radius 3 is 2.35 bits per heavy atom. The van der Waals surface area contributed by atoms with Crippen molar-refractivity contribution in [2.75, 3.05) is 13.2 Å². The molecule has 7 heteroatoms. The third kappa shape index (κ3) is 4.27. The minimum Gasteiger partial charge on any atom is -0.399 e. The van der Waals surface area contributed by atoms with Gasteiger partial charge in [-0.3, -0.25) is 0 Å². The molecule has 0 aromatic carbocycles. The SMILES string of the molecule is C[C@]12C[C@H](C3CCC(Br)CC3)C3=C4CCC5(C[C@]4(O)CCC3C1CC[C@@]2(C#N)O[Si](C)(C)C)OCCO5. The van der Waals surface area contributed by atoms with Gasteiger partial charge in [0.25, 0.3) is 0 Å². The molecule has 5 nitrogen and oxygen atoms in total. The largest absolute Gasteiger partial charge is 0.399 e. The van der Waals surface area contributed by atoms with Crippen LogP contribution < -0.4 is 0 Å². The molecule has 6 aliphatic rings. The summed E-state index contributed by atoms with van der Waals surface area (Å²) < 4.78 is 19.1. The van der Waals surface area contributed by atoms with Crippen molar-refractivity contribution in [2.24, 2.45) is 29.1 Å². The van der Waals surface area contributed by atoms with E-state index in [0.717, 1.165) is 44.9 Å². The molecule has 1 heterocycles. The first-order chi connectivity index (χ1) is 17.4. The van der Waals surface area contributed by atoms with Gasteiger partial charge in [0.2, 0.25) is 0 Å². The van der Waals surface area contributed by atoms with Gasteiger partial charge in [-0.2, -0.15) is 5.26 Å². The number of aliphatic hydroxyl groups is 1. The lowest BCUT2D eigenvalue weighted by molar-refractivity contribution is -0.208. The Balaban J connectivity index is 1.43. The number of hydrogen-bond donors (Lipinski definition) is 1. The molecule has 1 saturated heterocycles. The lowest BCUT2D eigenvalue weighted by Crippen LogP contribution is -2.58. The summed E-state index contributed by atoms with van der Waals surface area (Å²) in [6, 6.07) is 2.80. The van der Waals surface area contributed by atoms with Crippen LogP contribution in [-0.2, 0) is 13.9 Å². The van der Waals surface area contributed by atoms with E-state index in [4.69, 9.17) is 13.9 Å². The van der Waals surface area contributed by atoms with E-state index in [1.54, 1.807) is 5.57 Å². The Hall–Kier alpha value is -0.233. The van der Waals surface area contributed by atoms with Crippen molar-refractivity contribution >= 4 is 24.2 Å². The highest BCUT2D eigenvalue weighted by atomic mass is 79.9. The Labute approximate surface area is 232 Å². The number of fused-ring (bicyclic) bond motifs is 4. The third-order valence-corrected chi connectivity index (χ3v) is 13.2. The maximum absolute atomic E-state index is 12.2. The fourth-order valence-electron chi connectivity index (χ4n) is 9.86. The number of nitrogens with zero attached hydrogens (tertiary/aromatic N) is 1. The van der Waals surface area contributed by atoms with E-state index < -0.39 is 25.3 Å². The molecule has 0 amide bonds. The Morgan fingerprint density at radius 1 is 1.00 bits per heavy atom. The fourth-order valence-corrected chi connectivity index (χ4v) is 11.8. The zero-order chi connectivity index (χ0) is 26.3. The number of ether oxygens (including phenoxy) is 2. The molecule has 5 aliphatic carbocycles. The molecule has 0 bridgehead atoms. The number of allylic oxidation sites excluding steroid dienone is 1. The summed E-state index contributed by atoms with van der Waals surface area (Å²) in [5, 5.41) is 22.9. The van der Waals surface area contributed by atoms with E-state index in [9.17, 15) is 10.4 Å². The van der Waals surface area contributed by atoms with Gasteiger partial charge in [-0.1, -0.05) is 28.4 Å². The second-order valence-corrected chi connectivity index (χ2v) is 20.2. The number of nitriles is 1. The highest BCUT2D eigenvalue weighted by molar-refractivity contribution is 9.09. The second-order valence-electron chi connectivity index (χ2n) is 14.4. The van der Waals surface area contributed by atoms with Crippen molar-refractivity contribution in [3.8, 4) is 6.07 Å². The molecule has 5 fully saturated rings. The molecule has 206 valence electrons. The zero-order valence-electron chi connectivity index (χ0n) is 23.3. The maximum atomic E-state index is 12.2. The minimum atomic E-state index is -1.92. The van der Waals surface area contributed by atoms with Crippen LogP contribution in [0.1, 0.15) is 84.0 Å². The molecule has 37 heavy (non-hydrogen) atoms. The first-order valence-corrected chi connectivity index (χ1v) is 19.2. The fraction of sp³-hybridized carbons (Fsp3) is 0.900. The normalized spacial score (nSPS) is 47.3. The van der Waals surface area contributed by atoms with E-state index in [1.165, 1.54) is 31.3 Å². The first-order valence-electron chi connectivity index (χ1n) is 14.9. The van der Waals surface area contributed by atoms with Crippen molar-refractivity contribution in [1.82, 2.24) is 0 Å². The van der Waals surface area contributed by atoms with Gasteiger partial charge in [0, 0.05) is 23.1 Å². The van der Waals surface area contributed by atoms with Crippen LogP contribution in [0.5, 0.6) is 0 Å². The predicted molar refractivity (Wildman–Crippen MR) is 150 cm³/mol. The molecule has 0 radical (unpaired) electrons. The molecule has 2 unspecified atom stereocenters. The lowest BCUT2D eigenvalue weighted by Gasteiger charge is -2.59. The monoisotopic (exact) mass is 591 g/mol. The molecular formula is C30H46BrNO4Si. The average Bonchev–Trinajstić information content (AvgIpc) is 3.39. The van der Waals surface area contributed by atoms with Crippen molar-refractivity contribution < 1.29 is 19.0 Å². The zero-order valence-corrected chi connectivity index (χ0v) is 25.9. The quantitative estimate of drug-likeness (QED) is 0.220. The van der Waals surface area contributed by atoms with Gasteiger partial charge in [0.1, 0.15) is 5.60 Å². The van der Waals surface area contributed by atoms with E-state index in [1.807, 2.05) is 0 Å². The summed E-state index contributed by atoms with van der Waals surface area (Å²) in [6.07, 6.45) is 11.9. The van der Waals surface area contributed by atoms with Crippen LogP contribution in [0, 0.1) is 40.4 Å². The van der Waals surface area contributed by atoms with E-state index in [-0.39, 0.29) is 5.41 Å². The third-order valence-electron chi connectivity index (χ3n) is 11.3. The lowest BCUT2D eigenvalue weighted by atomic mass is 9.48. The summed E-state index contributed by atoms with van der Waals surface area (Å²) in [4.78, 5) is 0.624. The molecule has 6 atom stereocenters. The summed E-state index contributed by atoms with van der Waals surface area (Å²) in [5.74, 6) is 1.38. The van der Waals surface area contributed by atoms with Crippen LogP contribution >= 0.6 is 15.9 Å². The standard InChI is InChI=1S/C30H46BrNO4Si/c1-27-17-23(20-5-7-21(31)8-6-20)26-22(24(27)10-13-29(27,19-32)36-37(2,3)4)9-12-28(33)18-30(14-11-25(26)28)34-15-16-35-30/h20-24,33H,5-18H2,1-4H3/t20?,21?,22?,23-,24?,27+,28-,29+/m1/s1. The van der Waals surface area contributed by atoms with Gasteiger partial charge < -0.3 is 19.0 Å². The van der Waals surface area contributed by atoms with Crippen molar-refractivity contribution in [1.29, 1.82) is 5.26 Å². The molecule has 4 saturated carbocycles. The first kappa shape index (κ1) is 27.0. The molecule has 6 rings (SSSR count). The maximum Gasteiger partial charge on any atom is 0.185 e. The van der Waals surface area contributed by atoms with E-state index >= 15 is 0 Å². The Morgan fingerprint density at radius 2 is 1.70 bits per heavy atom. The number of rotatable bonds is 3. The summed E-state index contributed by atoms with van der Waals surface area (Å²) >= 11 is 3.89. The van der Waals surface area contributed by atoms with Crippen LogP contribution in [0.4, 0.5) is 0 Å². The highest BCUT2D eigenvalue weighted by Gasteiger charge is 2.67. The van der Waals surface area contributed by atoms with Gasteiger partial charge in [-0.05, 0) is 113 Å². The van der Waals surface area contributed by atoms with Crippen LogP contribution in [0.25, 0.3) is 0 Å². The molecule has 0 aromatic rings. The second kappa shape index (κ2) is 9.14. The van der Waals surface area contributed by atoms with Crippen LogP contribution in [0.15, 0.2) is 11.1 Å². The number of hydrogen-bond acceptors (Lipinski definition) is 5. The summed E-state index contributed by atoms with van der Waals surface area (Å²) in [7, 11) is -1.92. The van der Waals surface area contributed by atoms with Crippen molar-refractivity contribution in [2.45, 2.75) is 125 Å². The number of alkyl halides is 1. The van der Waals surface area contributed by atoms with E-state index in [2.05, 4.69) is 48.6 Å². The average molecular weight is 593 g/mol. The molecule has 1 spiro atoms. The topological polar surface area (TPSA) is 71.7 Å². The van der Waals surface area contributed by atoms with Gasteiger partial charge in [0.15, 0.2) is 14.1 Å². The Kier molecular flexibility index (Phi) is 6.66. The van der Waals surface area contributed by atoms with Gasteiger partial charge >= 0.3 is 0 Å². The smallest absolute Gasteiger partial charge is 0.185 e.